The Morgan fingerprint density at radius 3 is 2.63 bits per heavy atom. The standard InChI is InChI=1S/C20H27N5O2/c1-2-25(16-17-6-4-3-5-7-17)19-15-22-18(14-23-19)20(26)21-8-9-24-10-12-27-13-11-24/h3-7,14-15H,2,8-13,16H2,1H3,(H,21,26). The second kappa shape index (κ2) is 9.99. The van der Waals surface area contributed by atoms with Gasteiger partial charge in [-0.3, -0.25) is 9.69 Å². The lowest BCUT2D eigenvalue weighted by Crippen LogP contribution is -2.41. The van der Waals surface area contributed by atoms with Crippen LogP contribution in [0.4, 0.5) is 5.82 Å². The number of benzene rings is 1. The van der Waals surface area contributed by atoms with Crippen molar-refractivity contribution in [3.8, 4) is 0 Å². The number of nitrogens with one attached hydrogen (secondary N) is 1. The first kappa shape index (κ1) is 19.3. The van der Waals surface area contributed by atoms with Gasteiger partial charge in [-0.1, -0.05) is 30.3 Å². The van der Waals surface area contributed by atoms with Crippen molar-refractivity contribution in [3.05, 3.63) is 54.0 Å². The van der Waals surface area contributed by atoms with Crippen LogP contribution in [0, 0.1) is 0 Å². The highest BCUT2D eigenvalue weighted by Crippen LogP contribution is 2.13. The Morgan fingerprint density at radius 1 is 1.19 bits per heavy atom. The molecule has 7 heteroatoms. The maximum Gasteiger partial charge on any atom is 0.271 e. The molecule has 2 heterocycles. The molecule has 144 valence electrons. The topological polar surface area (TPSA) is 70.6 Å². The Morgan fingerprint density at radius 2 is 1.96 bits per heavy atom. The maximum absolute atomic E-state index is 12.3. The summed E-state index contributed by atoms with van der Waals surface area (Å²) in [5.74, 6) is 0.583. The number of carbonyl (C=O) groups excluding carboxylic acids is 1. The molecule has 1 aromatic carbocycles. The van der Waals surface area contributed by atoms with Crippen LogP contribution in [-0.4, -0.2) is 66.7 Å². The Labute approximate surface area is 160 Å². The van der Waals surface area contributed by atoms with Crippen molar-refractivity contribution in [2.75, 3.05) is 50.8 Å². The minimum Gasteiger partial charge on any atom is -0.379 e. The zero-order valence-electron chi connectivity index (χ0n) is 15.8. The molecule has 0 radical (unpaired) electrons. The fourth-order valence-corrected chi connectivity index (χ4v) is 3.00. The first-order valence-corrected chi connectivity index (χ1v) is 9.45. The molecular formula is C20H27N5O2. The Hall–Kier alpha value is -2.51. The first-order valence-electron chi connectivity index (χ1n) is 9.45. The first-order chi connectivity index (χ1) is 13.3. The molecule has 1 amide bonds. The van der Waals surface area contributed by atoms with Crippen LogP contribution >= 0.6 is 0 Å². The predicted molar refractivity (Wildman–Crippen MR) is 105 cm³/mol. The molecule has 0 saturated carbocycles. The highest BCUT2D eigenvalue weighted by molar-refractivity contribution is 5.92. The summed E-state index contributed by atoms with van der Waals surface area (Å²) < 4.78 is 5.32. The van der Waals surface area contributed by atoms with Gasteiger partial charge in [0.25, 0.3) is 5.91 Å². The number of rotatable bonds is 8. The van der Waals surface area contributed by atoms with E-state index in [0.29, 0.717) is 12.2 Å². The van der Waals surface area contributed by atoms with Crippen molar-refractivity contribution in [1.82, 2.24) is 20.2 Å². The molecule has 0 bridgehead atoms. The molecule has 7 nitrogen and oxygen atoms in total. The molecule has 0 unspecified atom stereocenters. The molecule has 3 rings (SSSR count). The number of ether oxygens (including phenoxy) is 1. The SMILES string of the molecule is CCN(Cc1ccccc1)c1cnc(C(=O)NCCN2CCOCC2)cn1. The highest BCUT2D eigenvalue weighted by Gasteiger charge is 2.13. The van der Waals surface area contributed by atoms with Crippen LogP contribution in [0.3, 0.4) is 0 Å². The lowest BCUT2D eigenvalue weighted by Gasteiger charge is -2.26. The number of anilines is 1. The van der Waals surface area contributed by atoms with Gasteiger partial charge in [-0.15, -0.1) is 0 Å². The Balaban J connectivity index is 1.51. The van der Waals surface area contributed by atoms with Crippen molar-refractivity contribution < 1.29 is 9.53 Å². The number of carbonyl (C=O) groups is 1. The third-order valence-corrected chi connectivity index (χ3v) is 4.61. The van der Waals surface area contributed by atoms with Crippen LogP contribution in [0.1, 0.15) is 23.0 Å². The Bertz CT molecular complexity index is 702. The smallest absolute Gasteiger partial charge is 0.271 e. The van der Waals surface area contributed by atoms with Gasteiger partial charge >= 0.3 is 0 Å². The van der Waals surface area contributed by atoms with Gasteiger partial charge in [0, 0.05) is 39.3 Å². The average molecular weight is 369 g/mol. The molecule has 0 atom stereocenters. The normalized spacial score (nSPS) is 14.7. The fraction of sp³-hybridized carbons (Fsp3) is 0.450. The number of hydrogen-bond acceptors (Lipinski definition) is 6. The summed E-state index contributed by atoms with van der Waals surface area (Å²) in [6, 6.07) is 10.2. The Kier molecular flexibility index (Phi) is 7.12. The van der Waals surface area contributed by atoms with Gasteiger partial charge in [0.2, 0.25) is 0 Å². The van der Waals surface area contributed by atoms with E-state index in [1.165, 1.54) is 5.56 Å². The average Bonchev–Trinajstić information content (AvgIpc) is 2.73. The van der Waals surface area contributed by atoms with Crippen LogP contribution in [0.25, 0.3) is 0 Å². The largest absolute Gasteiger partial charge is 0.379 e. The van der Waals surface area contributed by atoms with E-state index in [9.17, 15) is 4.79 Å². The molecule has 1 aliphatic heterocycles. The molecule has 27 heavy (non-hydrogen) atoms. The maximum atomic E-state index is 12.3. The minimum absolute atomic E-state index is 0.187. The van der Waals surface area contributed by atoms with Crippen LogP contribution in [0.2, 0.25) is 0 Å². The monoisotopic (exact) mass is 369 g/mol. The van der Waals surface area contributed by atoms with Gasteiger partial charge in [0.05, 0.1) is 25.6 Å². The van der Waals surface area contributed by atoms with Gasteiger partial charge in [0.15, 0.2) is 0 Å². The number of morpholine rings is 1. The molecule has 1 fully saturated rings. The lowest BCUT2D eigenvalue weighted by atomic mass is 10.2. The highest BCUT2D eigenvalue weighted by atomic mass is 16.5. The van der Waals surface area contributed by atoms with E-state index in [2.05, 4.69) is 44.1 Å². The number of aromatic nitrogens is 2. The summed E-state index contributed by atoms with van der Waals surface area (Å²) in [6.07, 6.45) is 3.22. The van der Waals surface area contributed by atoms with Crippen molar-refractivity contribution in [2.24, 2.45) is 0 Å². The third kappa shape index (κ3) is 5.74. The molecule has 1 N–H and O–H groups in total. The van der Waals surface area contributed by atoms with Crippen molar-refractivity contribution >= 4 is 11.7 Å². The summed E-state index contributed by atoms with van der Waals surface area (Å²) in [5.41, 5.74) is 1.56. The van der Waals surface area contributed by atoms with E-state index >= 15 is 0 Å². The number of amides is 1. The van der Waals surface area contributed by atoms with Crippen LogP contribution < -0.4 is 10.2 Å². The van der Waals surface area contributed by atoms with Crippen LogP contribution in [0.5, 0.6) is 0 Å². The van der Waals surface area contributed by atoms with Crippen molar-refractivity contribution in [2.45, 2.75) is 13.5 Å². The van der Waals surface area contributed by atoms with Gasteiger partial charge in [-0.2, -0.15) is 0 Å². The van der Waals surface area contributed by atoms with E-state index in [4.69, 9.17) is 4.74 Å². The van der Waals surface area contributed by atoms with E-state index in [1.54, 1.807) is 12.4 Å². The van der Waals surface area contributed by atoms with Crippen LogP contribution in [0.15, 0.2) is 42.7 Å². The molecular weight excluding hydrogens is 342 g/mol. The minimum atomic E-state index is -0.187. The second-order valence-electron chi connectivity index (χ2n) is 6.47. The van der Waals surface area contributed by atoms with Crippen LogP contribution in [-0.2, 0) is 11.3 Å². The molecule has 0 spiro atoms. The van der Waals surface area contributed by atoms with Gasteiger partial charge in [-0.05, 0) is 12.5 Å². The fourth-order valence-electron chi connectivity index (χ4n) is 3.00. The zero-order chi connectivity index (χ0) is 18.9. The summed E-state index contributed by atoms with van der Waals surface area (Å²) in [6.45, 7) is 8.42. The van der Waals surface area contributed by atoms with E-state index in [0.717, 1.165) is 51.8 Å². The summed E-state index contributed by atoms with van der Waals surface area (Å²) in [7, 11) is 0. The van der Waals surface area contributed by atoms with E-state index in [1.807, 2.05) is 18.2 Å². The van der Waals surface area contributed by atoms with Crippen molar-refractivity contribution in [1.29, 1.82) is 0 Å². The van der Waals surface area contributed by atoms with Gasteiger partial charge in [0.1, 0.15) is 11.5 Å². The summed E-state index contributed by atoms with van der Waals surface area (Å²) >= 11 is 0. The van der Waals surface area contributed by atoms with Gasteiger partial charge in [-0.25, -0.2) is 9.97 Å². The number of hydrogen-bond donors (Lipinski definition) is 1. The quantitative estimate of drug-likeness (QED) is 0.762. The summed E-state index contributed by atoms with van der Waals surface area (Å²) in [4.78, 5) is 25.4. The molecule has 1 saturated heterocycles. The third-order valence-electron chi connectivity index (χ3n) is 4.61. The second-order valence-corrected chi connectivity index (χ2v) is 6.47. The number of nitrogens with zero attached hydrogens (tertiary/aromatic N) is 4. The van der Waals surface area contributed by atoms with Crippen molar-refractivity contribution in [3.63, 3.8) is 0 Å². The van der Waals surface area contributed by atoms with E-state index in [-0.39, 0.29) is 5.91 Å². The van der Waals surface area contributed by atoms with Gasteiger partial charge < -0.3 is 15.0 Å². The molecule has 2 aromatic rings. The zero-order valence-corrected chi connectivity index (χ0v) is 15.8. The van der Waals surface area contributed by atoms with E-state index < -0.39 is 0 Å². The predicted octanol–water partition coefficient (Wildman–Crippen LogP) is 1.57. The molecule has 0 aliphatic carbocycles. The lowest BCUT2D eigenvalue weighted by molar-refractivity contribution is 0.0383. The summed E-state index contributed by atoms with van der Waals surface area (Å²) in [5, 5.41) is 2.91. The molecule has 1 aromatic heterocycles. The molecule has 1 aliphatic rings.